The number of nitrogens with one attached hydrogen (secondary N) is 2. The van der Waals surface area contributed by atoms with Crippen molar-refractivity contribution in [3.8, 4) is 34.0 Å². The molecule has 0 saturated carbocycles. The molecule has 2 saturated heterocycles. The van der Waals surface area contributed by atoms with Crippen LogP contribution in [0.15, 0.2) is 132 Å². The summed E-state index contributed by atoms with van der Waals surface area (Å²) < 4.78 is 46.2. The minimum Gasteiger partial charge on any atom is -0.492 e. The zero-order chi connectivity index (χ0) is 48.0. The fourth-order valence-electron chi connectivity index (χ4n) is 8.10. The number of furan rings is 2. The third-order valence-corrected chi connectivity index (χ3v) is 11.6. The smallest absolute Gasteiger partial charge is 0.227 e. The molecule has 0 atom stereocenters. The van der Waals surface area contributed by atoms with E-state index in [0.717, 1.165) is 107 Å². The van der Waals surface area contributed by atoms with Gasteiger partial charge in [-0.3, -0.25) is 9.80 Å². The minimum atomic E-state index is 0. The SMILES string of the molecule is C.C.C1=C/COCc2cc(ccc2OCCN2CCCC2)Nc2nccc(n2)-c2coc(c2)COC/1.C=CCOCc1cc(-c2ccnc(Nc3ccc(OCCN4CCCC4)c(COCC=C)c3)n2)co1. The minimum absolute atomic E-state index is 0. The van der Waals surface area contributed by atoms with E-state index in [2.05, 4.69) is 53.5 Å². The van der Waals surface area contributed by atoms with Crippen molar-refractivity contribution in [3.63, 3.8) is 0 Å². The monoisotopic (exact) mass is 985 g/mol. The second kappa shape index (κ2) is 29.6. The second-order valence-corrected chi connectivity index (χ2v) is 16.9. The van der Waals surface area contributed by atoms with Crippen molar-refractivity contribution in [3.05, 3.63) is 146 Å². The molecular weight excluding hydrogens is 913 g/mol. The summed E-state index contributed by atoms with van der Waals surface area (Å²) in [6.07, 6.45) is 19.3. The van der Waals surface area contributed by atoms with Crippen molar-refractivity contribution in [1.82, 2.24) is 29.7 Å². The molecule has 0 radical (unpaired) electrons. The Balaban J connectivity index is 0.000000229. The first-order valence-electron chi connectivity index (χ1n) is 24.1. The van der Waals surface area contributed by atoms with Crippen LogP contribution in [0.2, 0.25) is 0 Å². The third kappa shape index (κ3) is 17.0. The van der Waals surface area contributed by atoms with Gasteiger partial charge >= 0.3 is 0 Å². The molecule has 2 fully saturated rings. The quantitative estimate of drug-likeness (QED) is 0.0581. The van der Waals surface area contributed by atoms with Crippen molar-refractivity contribution in [1.29, 1.82) is 0 Å². The van der Waals surface area contributed by atoms with Crippen LogP contribution in [0.5, 0.6) is 11.5 Å². The van der Waals surface area contributed by atoms with Gasteiger partial charge in [-0.15, -0.1) is 13.2 Å². The Morgan fingerprint density at radius 3 is 2.04 bits per heavy atom. The topological polar surface area (TPSA) is 164 Å². The Kier molecular flexibility index (Phi) is 22.5. The lowest BCUT2D eigenvalue weighted by molar-refractivity contribution is 0.128. The van der Waals surface area contributed by atoms with E-state index in [4.69, 9.17) is 37.3 Å². The van der Waals surface area contributed by atoms with Gasteiger partial charge in [0, 0.05) is 59.1 Å². The highest BCUT2D eigenvalue weighted by Crippen LogP contribution is 2.29. The van der Waals surface area contributed by atoms with Gasteiger partial charge in [0.2, 0.25) is 11.9 Å². The summed E-state index contributed by atoms with van der Waals surface area (Å²) in [4.78, 5) is 22.9. The molecule has 3 aliphatic rings. The van der Waals surface area contributed by atoms with Crippen molar-refractivity contribution in [2.24, 2.45) is 0 Å². The number of hydrogen-bond acceptors (Lipinski definition) is 16. The fourth-order valence-corrected chi connectivity index (χ4v) is 8.10. The van der Waals surface area contributed by atoms with E-state index in [9.17, 15) is 0 Å². The molecule has 16 heteroatoms. The van der Waals surface area contributed by atoms with E-state index in [1.54, 1.807) is 37.1 Å². The zero-order valence-electron chi connectivity index (χ0n) is 39.9. The first-order chi connectivity index (χ1) is 34.6. The normalized spacial score (nSPS) is 15.3. The maximum Gasteiger partial charge on any atom is 0.227 e. The highest BCUT2D eigenvalue weighted by Gasteiger charge is 2.16. The highest BCUT2D eigenvalue weighted by atomic mass is 16.5. The van der Waals surface area contributed by atoms with Crippen LogP contribution >= 0.6 is 0 Å². The number of nitrogens with zero attached hydrogens (tertiary/aromatic N) is 6. The van der Waals surface area contributed by atoms with E-state index in [-0.39, 0.29) is 14.9 Å². The molecule has 9 rings (SSSR count). The number of benzene rings is 2. The maximum atomic E-state index is 6.15. The van der Waals surface area contributed by atoms with E-state index in [1.165, 1.54) is 25.7 Å². The lowest BCUT2D eigenvalue weighted by atomic mass is 10.2. The highest BCUT2D eigenvalue weighted by molar-refractivity contribution is 5.64. The molecule has 4 aromatic heterocycles. The Morgan fingerprint density at radius 1 is 0.667 bits per heavy atom. The molecule has 7 heterocycles. The molecule has 384 valence electrons. The summed E-state index contributed by atoms with van der Waals surface area (Å²) in [5, 5.41) is 6.60. The molecule has 2 N–H and O–H groups in total. The molecule has 0 amide bonds. The molecule has 0 unspecified atom stereocenters. The van der Waals surface area contributed by atoms with E-state index in [0.29, 0.717) is 78.0 Å². The predicted octanol–water partition coefficient (Wildman–Crippen LogP) is 11.2. The summed E-state index contributed by atoms with van der Waals surface area (Å²) in [6.45, 7) is 18.8. The Hall–Kier alpha value is -6.66. The average Bonchev–Trinajstić information content (AvgIpc) is 4.25. The third-order valence-electron chi connectivity index (χ3n) is 11.6. The molecule has 2 aromatic carbocycles. The lowest BCUT2D eigenvalue weighted by Gasteiger charge is -2.17. The summed E-state index contributed by atoms with van der Waals surface area (Å²) in [5.74, 6) is 4.13. The molecule has 72 heavy (non-hydrogen) atoms. The van der Waals surface area contributed by atoms with Crippen LogP contribution in [0.4, 0.5) is 23.3 Å². The number of likely N-dealkylation sites (tertiary alicyclic amines) is 2. The van der Waals surface area contributed by atoms with Crippen molar-refractivity contribution in [2.45, 2.75) is 67.0 Å². The van der Waals surface area contributed by atoms with Crippen LogP contribution in [-0.2, 0) is 45.4 Å². The van der Waals surface area contributed by atoms with E-state index >= 15 is 0 Å². The van der Waals surface area contributed by atoms with Gasteiger partial charge in [0.25, 0.3) is 0 Å². The van der Waals surface area contributed by atoms with E-state index < -0.39 is 0 Å². The molecule has 0 aliphatic carbocycles. The number of anilines is 4. The summed E-state index contributed by atoms with van der Waals surface area (Å²) in [7, 11) is 0. The van der Waals surface area contributed by atoms with Gasteiger partial charge in [-0.1, -0.05) is 39.2 Å². The van der Waals surface area contributed by atoms with Gasteiger partial charge in [0.1, 0.15) is 62.0 Å². The van der Waals surface area contributed by atoms with Gasteiger partial charge in [-0.05, 0) is 113 Å². The number of ether oxygens (including phenoxy) is 6. The van der Waals surface area contributed by atoms with Crippen LogP contribution in [0, 0.1) is 0 Å². The van der Waals surface area contributed by atoms with Crippen LogP contribution in [0.3, 0.4) is 0 Å². The fraction of sp³-hybridized carbons (Fsp3) is 0.393. The summed E-state index contributed by atoms with van der Waals surface area (Å²) >= 11 is 0. The van der Waals surface area contributed by atoms with Crippen molar-refractivity contribution in [2.75, 3.05) is 89.5 Å². The van der Waals surface area contributed by atoms with Crippen LogP contribution in [-0.4, -0.2) is 109 Å². The number of hydrogen-bond donors (Lipinski definition) is 2. The average molecular weight is 985 g/mol. The van der Waals surface area contributed by atoms with Crippen LogP contribution < -0.4 is 20.1 Å². The number of rotatable bonds is 19. The van der Waals surface area contributed by atoms with Gasteiger partial charge in [0.15, 0.2) is 0 Å². The molecule has 6 aromatic rings. The van der Waals surface area contributed by atoms with Crippen molar-refractivity contribution < 1.29 is 37.3 Å². The maximum absolute atomic E-state index is 6.15. The predicted molar refractivity (Wildman–Crippen MR) is 283 cm³/mol. The molecule has 16 nitrogen and oxygen atoms in total. The Morgan fingerprint density at radius 2 is 1.31 bits per heavy atom. The molecule has 6 bridgehead atoms. The van der Waals surface area contributed by atoms with Crippen LogP contribution in [0.1, 0.15) is 63.2 Å². The molecular formula is C56H72N8O8. The first kappa shape index (κ1) is 54.7. The Bertz CT molecular complexity index is 2590. The lowest BCUT2D eigenvalue weighted by Crippen LogP contribution is -2.25. The number of fused-ring (bicyclic) bond motifs is 7. The van der Waals surface area contributed by atoms with Gasteiger partial charge in [-0.25, -0.2) is 19.9 Å². The van der Waals surface area contributed by atoms with E-state index in [1.807, 2.05) is 72.8 Å². The van der Waals surface area contributed by atoms with Gasteiger partial charge in [0.05, 0.1) is 51.0 Å². The number of aromatic nitrogens is 4. The van der Waals surface area contributed by atoms with Crippen LogP contribution in [0.25, 0.3) is 22.5 Å². The van der Waals surface area contributed by atoms with Gasteiger partial charge < -0.3 is 47.9 Å². The zero-order valence-corrected chi connectivity index (χ0v) is 39.9. The largest absolute Gasteiger partial charge is 0.492 e. The molecule has 3 aliphatic heterocycles. The second-order valence-electron chi connectivity index (χ2n) is 16.9. The standard InChI is InChI=1S/C28H34N4O4.C26H30N4O4.2CH4/c1-3-14-33-19-23-17-24(7-8-27(23)35-16-13-32-11-5-6-12-32)30-28-29-10-9-26(31-28)22-18-25(36-20-22)21-34-15-4-2;1-2-10-30(9-1)11-14-33-25-6-5-22-15-21(25)17-31-12-3-4-13-32-19-23-16-20(18-34-23)24-7-8-27-26(28-22)29-24;;/h3-4,7-10,17-18,20H,1-2,5-6,11-16,19,21H2,(H,29,30,31);3-8,15-16,18H,1-2,9-14,17,19H2,(H,27,28,29);2*1H4/b;4-3+;;. The Labute approximate surface area is 425 Å². The summed E-state index contributed by atoms with van der Waals surface area (Å²) in [5.41, 5.74) is 6.94. The summed E-state index contributed by atoms with van der Waals surface area (Å²) in [6, 6.07) is 19.5. The van der Waals surface area contributed by atoms with Gasteiger partial charge in [-0.2, -0.15) is 0 Å². The first-order valence-corrected chi connectivity index (χ1v) is 24.1. The molecule has 0 spiro atoms. The van der Waals surface area contributed by atoms with Crippen molar-refractivity contribution >= 4 is 23.3 Å².